The molecule has 122 valence electrons. The number of nitrogens with zero attached hydrogens (tertiary/aromatic N) is 2. The van der Waals surface area contributed by atoms with Gasteiger partial charge in [0.05, 0.1) is 10.7 Å². The zero-order valence-corrected chi connectivity index (χ0v) is 14.4. The van der Waals surface area contributed by atoms with Gasteiger partial charge in [-0.05, 0) is 44.2 Å². The van der Waals surface area contributed by atoms with Gasteiger partial charge in [0.1, 0.15) is 16.6 Å². The van der Waals surface area contributed by atoms with E-state index in [2.05, 4.69) is 15.3 Å². The highest BCUT2D eigenvalue weighted by atomic mass is 35.5. The molecule has 0 saturated carbocycles. The number of rotatable bonds is 3. The minimum atomic E-state index is -0.445. The fourth-order valence-corrected chi connectivity index (χ4v) is 2.43. The molecule has 7 heteroatoms. The van der Waals surface area contributed by atoms with E-state index in [1.807, 2.05) is 19.9 Å². The van der Waals surface area contributed by atoms with E-state index < -0.39 is 5.91 Å². The number of hydrogen-bond acceptors (Lipinski definition) is 4. The highest BCUT2D eigenvalue weighted by molar-refractivity contribution is 6.35. The molecule has 2 aromatic heterocycles. The van der Waals surface area contributed by atoms with E-state index in [0.717, 1.165) is 17.0 Å². The predicted molar refractivity (Wildman–Crippen MR) is 93.6 cm³/mol. The SMILES string of the molecule is Cc1nc(-c2cccc(NC(=O)c3nc(Cl)ccc3Cl)c2)oc1C. The second-order valence-corrected chi connectivity index (χ2v) is 5.95. The Morgan fingerprint density at radius 2 is 1.92 bits per heavy atom. The van der Waals surface area contributed by atoms with Crippen LogP contribution in [0.2, 0.25) is 10.2 Å². The molecule has 0 saturated heterocycles. The lowest BCUT2D eigenvalue weighted by molar-refractivity contribution is 0.102. The summed E-state index contributed by atoms with van der Waals surface area (Å²) in [6, 6.07) is 10.2. The third kappa shape index (κ3) is 3.42. The number of amides is 1. The number of benzene rings is 1. The van der Waals surface area contributed by atoms with Crippen LogP contribution in [0.25, 0.3) is 11.5 Å². The van der Waals surface area contributed by atoms with Gasteiger partial charge in [-0.2, -0.15) is 0 Å². The molecule has 5 nitrogen and oxygen atoms in total. The normalized spacial score (nSPS) is 10.7. The number of halogens is 2. The lowest BCUT2D eigenvalue weighted by Crippen LogP contribution is -2.14. The number of nitrogens with one attached hydrogen (secondary N) is 1. The van der Waals surface area contributed by atoms with Crippen molar-refractivity contribution in [3.05, 3.63) is 63.7 Å². The van der Waals surface area contributed by atoms with E-state index in [0.29, 0.717) is 11.6 Å². The van der Waals surface area contributed by atoms with Crippen molar-refractivity contribution in [3.63, 3.8) is 0 Å². The van der Waals surface area contributed by atoms with Crippen LogP contribution in [0, 0.1) is 13.8 Å². The van der Waals surface area contributed by atoms with E-state index in [1.165, 1.54) is 12.1 Å². The van der Waals surface area contributed by atoms with Gasteiger partial charge in [0.15, 0.2) is 0 Å². The van der Waals surface area contributed by atoms with Crippen LogP contribution in [-0.2, 0) is 0 Å². The molecular formula is C17H13Cl2N3O2. The van der Waals surface area contributed by atoms with Gasteiger partial charge in [-0.3, -0.25) is 4.79 Å². The van der Waals surface area contributed by atoms with E-state index in [9.17, 15) is 4.79 Å². The van der Waals surface area contributed by atoms with Gasteiger partial charge in [0, 0.05) is 11.3 Å². The highest BCUT2D eigenvalue weighted by Gasteiger charge is 2.14. The molecule has 0 atom stereocenters. The smallest absolute Gasteiger partial charge is 0.275 e. The second kappa shape index (κ2) is 6.63. The Kier molecular flexibility index (Phi) is 4.55. The predicted octanol–water partition coefficient (Wildman–Crippen LogP) is 4.91. The second-order valence-electron chi connectivity index (χ2n) is 5.16. The summed E-state index contributed by atoms with van der Waals surface area (Å²) in [6.45, 7) is 3.73. The molecule has 0 bridgehead atoms. The number of pyridine rings is 1. The third-order valence-electron chi connectivity index (χ3n) is 3.42. The van der Waals surface area contributed by atoms with Crippen molar-refractivity contribution in [2.45, 2.75) is 13.8 Å². The number of hydrogen-bond donors (Lipinski definition) is 1. The summed E-state index contributed by atoms with van der Waals surface area (Å²) in [4.78, 5) is 20.6. The van der Waals surface area contributed by atoms with Crippen LogP contribution >= 0.6 is 23.2 Å². The molecule has 24 heavy (non-hydrogen) atoms. The Hall–Kier alpha value is -2.37. The highest BCUT2D eigenvalue weighted by Crippen LogP contribution is 2.25. The first-order chi connectivity index (χ1) is 11.4. The summed E-state index contributed by atoms with van der Waals surface area (Å²) in [5, 5.41) is 3.17. The Morgan fingerprint density at radius 3 is 2.62 bits per heavy atom. The first-order valence-corrected chi connectivity index (χ1v) is 7.87. The van der Waals surface area contributed by atoms with Gasteiger partial charge in [0.25, 0.3) is 5.91 Å². The van der Waals surface area contributed by atoms with Crippen molar-refractivity contribution in [1.82, 2.24) is 9.97 Å². The molecule has 2 heterocycles. The standard InChI is InChI=1S/C17H13Cl2N3O2/c1-9-10(2)24-17(20-9)11-4-3-5-12(8-11)21-16(23)15-13(18)6-7-14(19)22-15/h3-8H,1-2H3,(H,21,23). The number of carbonyl (C=O) groups excluding carboxylic acids is 1. The Bertz CT molecular complexity index is 902. The topological polar surface area (TPSA) is 68.0 Å². The van der Waals surface area contributed by atoms with Crippen molar-refractivity contribution >= 4 is 34.8 Å². The first kappa shape index (κ1) is 16.5. The van der Waals surface area contributed by atoms with Crippen molar-refractivity contribution in [3.8, 4) is 11.5 Å². The number of aromatic nitrogens is 2. The maximum atomic E-state index is 12.3. The lowest BCUT2D eigenvalue weighted by Gasteiger charge is -2.07. The van der Waals surface area contributed by atoms with Gasteiger partial charge in [-0.1, -0.05) is 29.3 Å². The first-order valence-electron chi connectivity index (χ1n) is 7.12. The van der Waals surface area contributed by atoms with Crippen LogP contribution in [0.4, 0.5) is 5.69 Å². The minimum absolute atomic E-state index is 0.0670. The van der Waals surface area contributed by atoms with Crippen LogP contribution in [0.1, 0.15) is 21.9 Å². The molecule has 1 amide bonds. The van der Waals surface area contributed by atoms with Crippen molar-refractivity contribution in [2.24, 2.45) is 0 Å². The molecule has 0 fully saturated rings. The zero-order valence-electron chi connectivity index (χ0n) is 12.9. The zero-order chi connectivity index (χ0) is 17.3. The van der Waals surface area contributed by atoms with Crippen molar-refractivity contribution in [2.75, 3.05) is 5.32 Å². The number of oxazole rings is 1. The maximum Gasteiger partial charge on any atom is 0.275 e. The molecule has 1 aromatic carbocycles. The summed E-state index contributed by atoms with van der Waals surface area (Å²) < 4.78 is 5.61. The molecule has 0 aliphatic heterocycles. The molecule has 0 spiro atoms. The van der Waals surface area contributed by atoms with Crippen LogP contribution in [-0.4, -0.2) is 15.9 Å². The Morgan fingerprint density at radius 1 is 1.12 bits per heavy atom. The van der Waals surface area contributed by atoms with Gasteiger partial charge in [-0.15, -0.1) is 0 Å². The molecule has 0 radical (unpaired) electrons. The maximum absolute atomic E-state index is 12.3. The average molecular weight is 362 g/mol. The quantitative estimate of drug-likeness (QED) is 0.672. The summed E-state index contributed by atoms with van der Waals surface area (Å²) in [7, 11) is 0. The number of anilines is 1. The van der Waals surface area contributed by atoms with Gasteiger partial charge in [0.2, 0.25) is 5.89 Å². The molecule has 0 unspecified atom stereocenters. The Balaban J connectivity index is 1.87. The summed E-state index contributed by atoms with van der Waals surface area (Å²) in [5.41, 5.74) is 2.23. The van der Waals surface area contributed by atoms with Gasteiger partial charge in [-0.25, -0.2) is 9.97 Å². The van der Waals surface area contributed by atoms with Crippen LogP contribution in [0.15, 0.2) is 40.8 Å². The minimum Gasteiger partial charge on any atom is -0.441 e. The van der Waals surface area contributed by atoms with E-state index in [-0.39, 0.29) is 15.9 Å². The summed E-state index contributed by atoms with van der Waals surface area (Å²) in [6.07, 6.45) is 0. The fraction of sp³-hybridized carbons (Fsp3) is 0.118. The van der Waals surface area contributed by atoms with Gasteiger partial charge < -0.3 is 9.73 Å². The Labute approximate surface area is 148 Å². The van der Waals surface area contributed by atoms with Crippen molar-refractivity contribution in [1.29, 1.82) is 0 Å². The largest absolute Gasteiger partial charge is 0.441 e. The molecule has 3 aromatic rings. The van der Waals surface area contributed by atoms with Gasteiger partial charge >= 0.3 is 0 Å². The van der Waals surface area contributed by atoms with Crippen LogP contribution in [0.5, 0.6) is 0 Å². The van der Waals surface area contributed by atoms with E-state index in [4.69, 9.17) is 27.6 Å². The third-order valence-corrected chi connectivity index (χ3v) is 3.94. The fourth-order valence-electron chi connectivity index (χ4n) is 2.09. The molecular weight excluding hydrogens is 349 g/mol. The molecule has 0 aliphatic rings. The molecule has 1 N–H and O–H groups in total. The molecule has 0 aliphatic carbocycles. The van der Waals surface area contributed by atoms with Crippen LogP contribution < -0.4 is 5.32 Å². The summed E-state index contributed by atoms with van der Waals surface area (Å²) in [5.74, 6) is 0.814. The number of carbonyl (C=O) groups is 1. The van der Waals surface area contributed by atoms with E-state index in [1.54, 1.807) is 18.2 Å². The summed E-state index contributed by atoms with van der Waals surface area (Å²) >= 11 is 11.8. The monoisotopic (exact) mass is 361 g/mol. The van der Waals surface area contributed by atoms with Crippen molar-refractivity contribution < 1.29 is 9.21 Å². The lowest BCUT2D eigenvalue weighted by atomic mass is 10.2. The average Bonchev–Trinajstić information content (AvgIpc) is 2.89. The van der Waals surface area contributed by atoms with E-state index >= 15 is 0 Å². The molecule has 3 rings (SSSR count). The van der Waals surface area contributed by atoms with Crippen LogP contribution in [0.3, 0.4) is 0 Å². The number of aryl methyl sites for hydroxylation is 2.